The average molecular weight is 977 g/mol. The third kappa shape index (κ3) is 18.1. The molecule has 0 radical (unpaired) electrons. The van der Waals surface area contributed by atoms with Crippen LogP contribution in [0.3, 0.4) is 0 Å². The molecular formula is C60H64O12. The highest BCUT2D eigenvalue weighted by atomic mass is 16.6. The molecule has 0 amide bonds. The standard InChI is InChI=1S/C60H64O12/c1-5-13-47(14-6-1)41-69-55-31-51(32-56(37-55)70-42-48-15-7-2-8-16-48)39-65-45-53-35-59-60(68-30-28-64-26-24-62-22-21-61-23-25-63-27-29-67-59)36-54(53)46-66-40-52-33-57(71-43-49-17-9-3-10-18-49)38-58(34-52)72-44-50-19-11-4-12-20-50/h1-20,31-38H,21-30,39-46H2. The van der Waals surface area contributed by atoms with Crippen molar-refractivity contribution < 1.29 is 56.8 Å². The molecule has 12 nitrogen and oxygen atoms in total. The maximum Gasteiger partial charge on any atom is 0.161 e. The number of hydrogen-bond donors (Lipinski definition) is 0. The molecular weight excluding hydrogens is 913 g/mol. The van der Waals surface area contributed by atoms with Gasteiger partial charge in [0.15, 0.2) is 11.5 Å². The largest absolute Gasteiger partial charge is 0.489 e. The van der Waals surface area contributed by atoms with E-state index in [4.69, 9.17) is 56.8 Å². The summed E-state index contributed by atoms with van der Waals surface area (Å²) in [5, 5.41) is 0. The van der Waals surface area contributed by atoms with Crippen molar-refractivity contribution in [2.45, 2.75) is 52.9 Å². The minimum atomic E-state index is 0.238. The topological polar surface area (TPSA) is 111 Å². The Morgan fingerprint density at radius 2 is 0.542 bits per heavy atom. The summed E-state index contributed by atoms with van der Waals surface area (Å²) in [5.74, 6) is 3.83. The van der Waals surface area contributed by atoms with E-state index in [0.717, 1.165) is 44.5 Å². The maximum absolute atomic E-state index is 6.54. The van der Waals surface area contributed by atoms with E-state index in [9.17, 15) is 0 Å². The Balaban J connectivity index is 1.01. The highest BCUT2D eigenvalue weighted by Gasteiger charge is 2.16. The lowest BCUT2D eigenvalue weighted by Crippen LogP contribution is -2.16. The van der Waals surface area contributed by atoms with Crippen LogP contribution in [0.1, 0.15) is 44.5 Å². The number of ether oxygens (including phenoxy) is 12. The molecule has 376 valence electrons. The number of fused-ring (bicyclic) bond motifs is 1. The van der Waals surface area contributed by atoms with E-state index in [0.29, 0.717) is 127 Å². The second-order valence-corrected chi connectivity index (χ2v) is 16.9. The van der Waals surface area contributed by atoms with Crippen molar-refractivity contribution in [3.05, 3.63) is 214 Å². The Kier molecular flexibility index (Phi) is 21.0. The van der Waals surface area contributed by atoms with E-state index in [1.807, 2.05) is 170 Å². The Hall–Kier alpha value is -6.90. The first-order valence-corrected chi connectivity index (χ1v) is 24.5. The smallest absolute Gasteiger partial charge is 0.161 e. The van der Waals surface area contributed by atoms with Crippen LogP contribution in [0.5, 0.6) is 34.5 Å². The number of hydrogen-bond acceptors (Lipinski definition) is 12. The predicted octanol–water partition coefficient (Wildman–Crippen LogP) is 11.3. The lowest BCUT2D eigenvalue weighted by Gasteiger charge is -2.19. The van der Waals surface area contributed by atoms with Crippen molar-refractivity contribution in [1.82, 2.24) is 0 Å². The molecule has 72 heavy (non-hydrogen) atoms. The fourth-order valence-electron chi connectivity index (χ4n) is 7.60. The highest BCUT2D eigenvalue weighted by molar-refractivity contribution is 5.48. The zero-order valence-electron chi connectivity index (χ0n) is 40.8. The summed E-state index contributed by atoms with van der Waals surface area (Å²) in [6, 6.07) is 56.1. The van der Waals surface area contributed by atoms with Gasteiger partial charge in [0, 0.05) is 12.1 Å². The molecule has 0 fully saturated rings. The summed E-state index contributed by atoms with van der Waals surface area (Å²) in [4.78, 5) is 0. The van der Waals surface area contributed by atoms with Crippen molar-refractivity contribution in [2.75, 3.05) is 66.1 Å². The van der Waals surface area contributed by atoms with Crippen LogP contribution in [0.25, 0.3) is 0 Å². The molecule has 1 aliphatic rings. The van der Waals surface area contributed by atoms with Gasteiger partial charge in [-0.15, -0.1) is 0 Å². The molecule has 0 saturated carbocycles. The van der Waals surface area contributed by atoms with Gasteiger partial charge in [-0.2, -0.15) is 0 Å². The van der Waals surface area contributed by atoms with Gasteiger partial charge in [0.25, 0.3) is 0 Å². The van der Waals surface area contributed by atoms with Crippen LogP contribution in [0.2, 0.25) is 0 Å². The van der Waals surface area contributed by atoms with Gasteiger partial charge in [0.2, 0.25) is 0 Å². The third-order valence-corrected chi connectivity index (χ3v) is 11.3. The summed E-state index contributed by atoms with van der Waals surface area (Å²) >= 11 is 0. The lowest BCUT2D eigenvalue weighted by atomic mass is 10.1. The molecule has 8 rings (SSSR count). The number of benzene rings is 7. The minimum Gasteiger partial charge on any atom is -0.489 e. The zero-order chi connectivity index (χ0) is 49.1. The minimum absolute atomic E-state index is 0.238. The molecule has 7 aromatic carbocycles. The summed E-state index contributed by atoms with van der Waals surface area (Å²) in [7, 11) is 0. The van der Waals surface area contributed by atoms with Crippen LogP contribution in [-0.2, 0) is 81.3 Å². The van der Waals surface area contributed by atoms with Crippen molar-refractivity contribution in [3.8, 4) is 34.5 Å². The summed E-state index contributed by atoms with van der Waals surface area (Å²) < 4.78 is 73.9. The molecule has 1 heterocycles. The molecule has 12 heteroatoms. The number of rotatable bonds is 20. The first-order chi connectivity index (χ1) is 35.7. The van der Waals surface area contributed by atoms with Crippen molar-refractivity contribution in [2.24, 2.45) is 0 Å². The van der Waals surface area contributed by atoms with Crippen LogP contribution < -0.4 is 28.4 Å². The molecule has 0 aromatic heterocycles. The Bertz CT molecular complexity index is 2310. The Morgan fingerprint density at radius 3 is 0.833 bits per heavy atom. The lowest BCUT2D eigenvalue weighted by molar-refractivity contribution is -0.00845. The first kappa shape index (κ1) is 51.5. The quantitative estimate of drug-likeness (QED) is 0.0725. The normalized spacial score (nSPS) is 13.8. The van der Waals surface area contributed by atoms with Gasteiger partial charge in [-0.3, -0.25) is 0 Å². The van der Waals surface area contributed by atoms with E-state index >= 15 is 0 Å². The monoisotopic (exact) mass is 976 g/mol. The van der Waals surface area contributed by atoms with Gasteiger partial charge in [0.05, 0.1) is 79.3 Å². The fourth-order valence-corrected chi connectivity index (χ4v) is 7.60. The molecule has 0 unspecified atom stereocenters. The van der Waals surface area contributed by atoms with E-state index in [-0.39, 0.29) is 26.4 Å². The van der Waals surface area contributed by atoms with E-state index in [2.05, 4.69) is 0 Å². The van der Waals surface area contributed by atoms with Gasteiger partial charge in [-0.25, -0.2) is 0 Å². The van der Waals surface area contributed by atoms with Crippen LogP contribution in [-0.4, -0.2) is 66.1 Å². The van der Waals surface area contributed by atoms with Gasteiger partial charge in [-0.05, 0) is 80.9 Å². The Morgan fingerprint density at radius 1 is 0.264 bits per heavy atom. The molecule has 7 aromatic rings. The van der Waals surface area contributed by atoms with Crippen molar-refractivity contribution in [1.29, 1.82) is 0 Å². The SMILES string of the molecule is c1ccc(COc2cc(COCc3cc4c(cc3COCc3cc(OCc5ccccc5)cc(OCc5ccccc5)c3)OCCOCCOCCOCCOCCO4)cc(OCc3ccccc3)c2)cc1. The van der Waals surface area contributed by atoms with Crippen LogP contribution in [0.4, 0.5) is 0 Å². The molecule has 0 aliphatic carbocycles. The first-order valence-electron chi connectivity index (χ1n) is 24.5. The second kappa shape index (κ2) is 29.4. The summed E-state index contributed by atoms with van der Waals surface area (Å²) in [6.45, 7) is 6.77. The van der Waals surface area contributed by atoms with Crippen LogP contribution in [0, 0.1) is 0 Å². The van der Waals surface area contributed by atoms with E-state index in [1.54, 1.807) is 0 Å². The van der Waals surface area contributed by atoms with Crippen molar-refractivity contribution >= 4 is 0 Å². The van der Waals surface area contributed by atoms with Gasteiger partial charge in [0.1, 0.15) is 62.6 Å². The summed E-state index contributed by atoms with van der Waals surface area (Å²) in [6.07, 6.45) is 0. The fraction of sp³-hybridized carbons (Fsp3) is 0.300. The molecule has 0 bridgehead atoms. The zero-order valence-corrected chi connectivity index (χ0v) is 40.8. The highest BCUT2D eigenvalue weighted by Crippen LogP contribution is 2.34. The van der Waals surface area contributed by atoms with Gasteiger partial charge in [-0.1, -0.05) is 121 Å². The molecule has 1 aliphatic heterocycles. The van der Waals surface area contributed by atoms with Crippen molar-refractivity contribution in [3.63, 3.8) is 0 Å². The van der Waals surface area contributed by atoms with Crippen LogP contribution in [0.15, 0.2) is 170 Å². The average Bonchev–Trinajstić information content (AvgIpc) is 3.42. The second-order valence-electron chi connectivity index (χ2n) is 16.9. The summed E-state index contributed by atoms with van der Waals surface area (Å²) in [5.41, 5.74) is 7.78. The van der Waals surface area contributed by atoms with Crippen LogP contribution >= 0.6 is 0 Å². The molecule has 0 saturated heterocycles. The van der Waals surface area contributed by atoms with Gasteiger partial charge < -0.3 is 56.8 Å². The van der Waals surface area contributed by atoms with E-state index < -0.39 is 0 Å². The van der Waals surface area contributed by atoms with E-state index in [1.165, 1.54) is 0 Å². The van der Waals surface area contributed by atoms with Gasteiger partial charge >= 0.3 is 0 Å². The molecule has 0 atom stereocenters. The maximum atomic E-state index is 6.54. The molecule has 0 N–H and O–H groups in total. The Labute approximate surface area is 423 Å². The predicted molar refractivity (Wildman–Crippen MR) is 274 cm³/mol. The third-order valence-electron chi connectivity index (χ3n) is 11.3. The molecule has 0 spiro atoms.